The molecule has 0 saturated carbocycles. The molecular formula is C14H17BrN4O. The van der Waals surface area contributed by atoms with Gasteiger partial charge < -0.3 is 10.2 Å². The summed E-state index contributed by atoms with van der Waals surface area (Å²) in [6.07, 6.45) is 3.44. The average molecular weight is 337 g/mol. The first kappa shape index (κ1) is 14.6. The molecule has 0 saturated heterocycles. The van der Waals surface area contributed by atoms with E-state index in [0.717, 1.165) is 15.8 Å². The summed E-state index contributed by atoms with van der Waals surface area (Å²) in [5, 5.41) is 7.00. The van der Waals surface area contributed by atoms with Crippen molar-refractivity contribution in [2.75, 3.05) is 24.3 Å². The van der Waals surface area contributed by atoms with Crippen molar-refractivity contribution in [1.82, 2.24) is 9.78 Å². The summed E-state index contributed by atoms with van der Waals surface area (Å²) in [5.41, 5.74) is 1.87. The topological polar surface area (TPSA) is 50.2 Å². The van der Waals surface area contributed by atoms with Gasteiger partial charge in [-0.2, -0.15) is 5.10 Å². The number of halogens is 1. The lowest BCUT2D eigenvalue weighted by Gasteiger charge is -2.15. The average Bonchev–Trinajstić information content (AvgIpc) is 2.85. The summed E-state index contributed by atoms with van der Waals surface area (Å²) in [6.45, 7) is 1.81. The van der Waals surface area contributed by atoms with Crippen molar-refractivity contribution in [3.05, 3.63) is 41.1 Å². The predicted octanol–water partition coefficient (Wildman–Crippen LogP) is 2.91. The molecule has 0 radical (unpaired) electrons. The van der Waals surface area contributed by atoms with Gasteiger partial charge in [0, 0.05) is 31.7 Å². The van der Waals surface area contributed by atoms with E-state index in [2.05, 4.69) is 26.3 Å². The molecule has 1 unspecified atom stereocenters. The van der Waals surface area contributed by atoms with Crippen LogP contribution >= 0.6 is 15.9 Å². The minimum Gasteiger partial charge on any atom is -0.378 e. The lowest BCUT2D eigenvalue weighted by atomic mass is 10.2. The number of aromatic nitrogens is 2. The molecule has 20 heavy (non-hydrogen) atoms. The van der Waals surface area contributed by atoms with Crippen LogP contribution in [0, 0.1) is 0 Å². The van der Waals surface area contributed by atoms with Crippen molar-refractivity contribution in [2.24, 2.45) is 0 Å². The van der Waals surface area contributed by atoms with Gasteiger partial charge in [0.25, 0.3) is 0 Å². The number of amides is 1. The Morgan fingerprint density at radius 3 is 2.50 bits per heavy atom. The molecule has 1 amide bonds. The molecule has 106 valence electrons. The van der Waals surface area contributed by atoms with Crippen LogP contribution in [-0.4, -0.2) is 29.8 Å². The van der Waals surface area contributed by atoms with E-state index >= 15 is 0 Å². The number of carbonyl (C=O) groups is 1. The van der Waals surface area contributed by atoms with Gasteiger partial charge >= 0.3 is 0 Å². The maximum atomic E-state index is 12.1. The van der Waals surface area contributed by atoms with Gasteiger partial charge in [0.05, 0.1) is 10.7 Å². The summed E-state index contributed by atoms with van der Waals surface area (Å²) < 4.78 is 2.47. The number of hydrogen-bond acceptors (Lipinski definition) is 3. The number of nitrogens with zero attached hydrogens (tertiary/aromatic N) is 3. The summed E-state index contributed by atoms with van der Waals surface area (Å²) in [6, 6.07) is 7.34. The van der Waals surface area contributed by atoms with E-state index in [1.807, 2.05) is 50.2 Å². The Hall–Kier alpha value is -1.82. The number of rotatable bonds is 4. The van der Waals surface area contributed by atoms with Crippen molar-refractivity contribution in [3.8, 4) is 0 Å². The first-order valence-electron chi connectivity index (χ1n) is 6.25. The first-order chi connectivity index (χ1) is 9.47. The van der Waals surface area contributed by atoms with Crippen LogP contribution in [0.25, 0.3) is 0 Å². The van der Waals surface area contributed by atoms with Gasteiger partial charge in [-0.25, -0.2) is 0 Å². The predicted molar refractivity (Wildman–Crippen MR) is 84.0 cm³/mol. The number of hydrogen-bond donors (Lipinski definition) is 1. The third kappa shape index (κ3) is 3.39. The summed E-state index contributed by atoms with van der Waals surface area (Å²) in [5.74, 6) is -0.0989. The maximum absolute atomic E-state index is 12.1. The van der Waals surface area contributed by atoms with Crippen LogP contribution in [-0.2, 0) is 4.79 Å². The summed E-state index contributed by atoms with van der Waals surface area (Å²) >= 11 is 3.32. The molecule has 1 N–H and O–H groups in total. The molecule has 1 atom stereocenters. The Morgan fingerprint density at radius 2 is 2.00 bits per heavy atom. The number of nitrogens with one attached hydrogen (secondary N) is 1. The lowest BCUT2D eigenvalue weighted by Crippen LogP contribution is -2.24. The Morgan fingerprint density at radius 1 is 1.35 bits per heavy atom. The number of carbonyl (C=O) groups excluding carboxylic acids is 1. The normalized spacial score (nSPS) is 12.0. The van der Waals surface area contributed by atoms with E-state index in [4.69, 9.17) is 0 Å². The second-order valence-electron chi connectivity index (χ2n) is 4.75. The molecule has 0 aliphatic heterocycles. The molecule has 0 aliphatic rings. The SMILES string of the molecule is CC(C(=O)Nc1ccc(N(C)C)cc1)n1cc(Br)cn1. The zero-order valence-corrected chi connectivity index (χ0v) is 13.3. The van der Waals surface area contributed by atoms with Gasteiger partial charge in [0.1, 0.15) is 6.04 Å². The highest BCUT2D eigenvalue weighted by Gasteiger charge is 2.15. The fourth-order valence-electron chi connectivity index (χ4n) is 1.74. The van der Waals surface area contributed by atoms with E-state index in [9.17, 15) is 4.79 Å². The van der Waals surface area contributed by atoms with Gasteiger partial charge in [0.15, 0.2) is 0 Å². The molecule has 0 spiro atoms. The van der Waals surface area contributed by atoms with Crippen molar-refractivity contribution in [1.29, 1.82) is 0 Å². The molecule has 1 heterocycles. The molecule has 0 aliphatic carbocycles. The minimum atomic E-state index is -0.366. The number of benzene rings is 1. The zero-order chi connectivity index (χ0) is 14.7. The van der Waals surface area contributed by atoms with Crippen molar-refractivity contribution in [3.63, 3.8) is 0 Å². The fourth-order valence-corrected chi connectivity index (χ4v) is 2.04. The monoisotopic (exact) mass is 336 g/mol. The van der Waals surface area contributed by atoms with Crippen LogP contribution in [0.5, 0.6) is 0 Å². The smallest absolute Gasteiger partial charge is 0.248 e. The number of anilines is 2. The van der Waals surface area contributed by atoms with Crippen LogP contribution in [0.4, 0.5) is 11.4 Å². The molecular weight excluding hydrogens is 320 g/mol. The van der Waals surface area contributed by atoms with Crippen LogP contribution in [0.15, 0.2) is 41.1 Å². The van der Waals surface area contributed by atoms with E-state index in [0.29, 0.717) is 0 Å². The Labute approximate surface area is 126 Å². The highest BCUT2D eigenvalue weighted by molar-refractivity contribution is 9.10. The molecule has 0 fully saturated rings. The Bertz CT molecular complexity index is 591. The maximum Gasteiger partial charge on any atom is 0.248 e. The van der Waals surface area contributed by atoms with Crippen LogP contribution in [0.3, 0.4) is 0 Å². The first-order valence-corrected chi connectivity index (χ1v) is 7.04. The largest absolute Gasteiger partial charge is 0.378 e. The highest BCUT2D eigenvalue weighted by Crippen LogP contribution is 2.18. The summed E-state index contributed by atoms with van der Waals surface area (Å²) in [7, 11) is 3.95. The Balaban J connectivity index is 2.04. The third-order valence-electron chi connectivity index (χ3n) is 3.00. The molecule has 0 bridgehead atoms. The second kappa shape index (κ2) is 6.09. The molecule has 1 aromatic heterocycles. The van der Waals surface area contributed by atoms with Gasteiger partial charge in [0.2, 0.25) is 5.91 Å². The van der Waals surface area contributed by atoms with Crippen molar-refractivity contribution < 1.29 is 4.79 Å². The third-order valence-corrected chi connectivity index (χ3v) is 3.41. The van der Waals surface area contributed by atoms with Crippen LogP contribution < -0.4 is 10.2 Å². The second-order valence-corrected chi connectivity index (χ2v) is 5.66. The standard InChI is InChI=1S/C14H17BrN4O/c1-10(19-9-11(15)8-16-19)14(20)17-12-4-6-13(7-5-12)18(2)3/h4-10H,1-3H3,(H,17,20). The van der Waals surface area contributed by atoms with E-state index in [1.165, 1.54) is 0 Å². The lowest BCUT2D eigenvalue weighted by molar-refractivity contribution is -0.119. The van der Waals surface area contributed by atoms with E-state index in [-0.39, 0.29) is 11.9 Å². The molecule has 5 nitrogen and oxygen atoms in total. The quantitative estimate of drug-likeness (QED) is 0.933. The highest BCUT2D eigenvalue weighted by atomic mass is 79.9. The van der Waals surface area contributed by atoms with E-state index < -0.39 is 0 Å². The zero-order valence-electron chi connectivity index (χ0n) is 11.7. The van der Waals surface area contributed by atoms with Gasteiger partial charge in [-0.15, -0.1) is 0 Å². The molecule has 2 rings (SSSR count). The van der Waals surface area contributed by atoms with Crippen LogP contribution in [0.2, 0.25) is 0 Å². The van der Waals surface area contributed by atoms with Crippen LogP contribution in [0.1, 0.15) is 13.0 Å². The van der Waals surface area contributed by atoms with E-state index in [1.54, 1.807) is 17.1 Å². The minimum absolute atomic E-state index is 0.0989. The molecule has 2 aromatic rings. The Kier molecular flexibility index (Phi) is 4.44. The molecule has 1 aromatic carbocycles. The summed E-state index contributed by atoms with van der Waals surface area (Å²) in [4.78, 5) is 14.2. The van der Waals surface area contributed by atoms with Crippen molar-refractivity contribution in [2.45, 2.75) is 13.0 Å². The molecule has 6 heteroatoms. The van der Waals surface area contributed by atoms with Gasteiger partial charge in [-0.05, 0) is 47.1 Å². The van der Waals surface area contributed by atoms with Gasteiger partial charge in [-0.1, -0.05) is 0 Å². The van der Waals surface area contributed by atoms with Gasteiger partial charge in [-0.3, -0.25) is 9.48 Å². The van der Waals surface area contributed by atoms with Crippen molar-refractivity contribution >= 4 is 33.2 Å². The fraction of sp³-hybridized carbons (Fsp3) is 0.286.